The van der Waals surface area contributed by atoms with Gasteiger partial charge in [0.2, 0.25) is 0 Å². The Kier molecular flexibility index (Phi) is 6.29. The minimum Gasteiger partial charge on any atom is -0.369 e. The fourth-order valence-corrected chi connectivity index (χ4v) is 3.99. The van der Waals surface area contributed by atoms with E-state index in [9.17, 15) is 14.9 Å². The molecule has 168 valence electrons. The first-order chi connectivity index (χ1) is 15.9. The Morgan fingerprint density at radius 1 is 1.00 bits per heavy atom. The van der Waals surface area contributed by atoms with Crippen LogP contribution >= 0.6 is 0 Å². The number of anilines is 2. The van der Waals surface area contributed by atoms with Crippen molar-refractivity contribution in [3.05, 3.63) is 70.9 Å². The monoisotopic (exact) mass is 441 g/mol. The Labute approximate surface area is 194 Å². The van der Waals surface area contributed by atoms with Crippen molar-refractivity contribution < 1.29 is 9.59 Å². The van der Waals surface area contributed by atoms with E-state index in [4.69, 9.17) is 0 Å². The molecule has 7 nitrogen and oxygen atoms in total. The largest absolute Gasteiger partial charge is 0.369 e. The first-order valence-corrected chi connectivity index (χ1v) is 11.0. The number of nitrogens with zero attached hydrogens (tertiary/aromatic N) is 3. The minimum atomic E-state index is -0.454. The predicted octanol–water partition coefficient (Wildman–Crippen LogP) is 3.48. The molecule has 0 atom stereocenters. The van der Waals surface area contributed by atoms with E-state index in [1.54, 1.807) is 31.3 Å². The van der Waals surface area contributed by atoms with Gasteiger partial charge in [0.05, 0.1) is 11.6 Å². The standard InChI is InChI=1S/C26H27N5O2/c1-17(15-27)18(2)19-4-9-22-23(14-19)24(26(33)29-25(22)32)16-28-20-5-7-21(8-6-20)31-12-10-30(3)11-13-31/h4-9,14,16,28H,10-13H2,1-3H3,(H,29,32,33)/b18-17-,24-16-. The normalized spacial score (nSPS) is 18.4. The van der Waals surface area contributed by atoms with Crippen LogP contribution in [0.1, 0.15) is 35.3 Å². The summed E-state index contributed by atoms with van der Waals surface area (Å²) in [6.45, 7) is 7.69. The molecule has 2 N–H and O–H groups in total. The number of hydrogen-bond donors (Lipinski definition) is 2. The van der Waals surface area contributed by atoms with Crippen molar-refractivity contribution in [1.29, 1.82) is 5.26 Å². The summed E-state index contributed by atoms with van der Waals surface area (Å²) in [5.74, 6) is -0.876. The second-order valence-corrected chi connectivity index (χ2v) is 8.44. The van der Waals surface area contributed by atoms with Crippen LogP contribution in [0, 0.1) is 11.3 Å². The number of hydrogen-bond acceptors (Lipinski definition) is 6. The summed E-state index contributed by atoms with van der Waals surface area (Å²) in [7, 11) is 2.14. The molecule has 0 spiro atoms. The van der Waals surface area contributed by atoms with E-state index in [0.29, 0.717) is 22.3 Å². The van der Waals surface area contributed by atoms with Crippen LogP contribution in [0.15, 0.2) is 54.2 Å². The molecule has 2 amide bonds. The zero-order valence-corrected chi connectivity index (χ0v) is 19.1. The molecule has 0 saturated carbocycles. The van der Waals surface area contributed by atoms with Crippen molar-refractivity contribution in [2.45, 2.75) is 13.8 Å². The van der Waals surface area contributed by atoms with E-state index in [1.165, 1.54) is 5.69 Å². The number of rotatable bonds is 4. The minimum absolute atomic E-state index is 0.372. The third kappa shape index (κ3) is 4.66. The highest BCUT2D eigenvalue weighted by Crippen LogP contribution is 2.29. The van der Waals surface area contributed by atoms with Crippen molar-refractivity contribution in [1.82, 2.24) is 10.2 Å². The van der Waals surface area contributed by atoms with E-state index in [2.05, 4.69) is 45.7 Å². The lowest BCUT2D eigenvalue weighted by molar-refractivity contribution is -0.114. The van der Waals surface area contributed by atoms with Crippen LogP contribution in [0.4, 0.5) is 11.4 Å². The van der Waals surface area contributed by atoms with Crippen LogP contribution in [0.25, 0.3) is 11.1 Å². The highest BCUT2D eigenvalue weighted by Gasteiger charge is 2.27. The van der Waals surface area contributed by atoms with Gasteiger partial charge < -0.3 is 15.1 Å². The highest BCUT2D eigenvalue weighted by atomic mass is 16.2. The summed E-state index contributed by atoms with van der Waals surface area (Å²) < 4.78 is 0. The summed E-state index contributed by atoms with van der Waals surface area (Å²) in [6, 6.07) is 15.5. The second kappa shape index (κ2) is 9.31. The summed E-state index contributed by atoms with van der Waals surface area (Å²) in [5, 5.41) is 14.8. The van der Waals surface area contributed by atoms with Gasteiger partial charge in [-0.1, -0.05) is 6.07 Å². The molecule has 2 aliphatic rings. The highest BCUT2D eigenvalue weighted by molar-refractivity contribution is 6.31. The molecule has 0 radical (unpaired) electrons. The molecular weight excluding hydrogens is 414 g/mol. The Hall–Kier alpha value is -3.89. The number of amides is 2. The van der Waals surface area contributed by atoms with Gasteiger partial charge in [-0.2, -0.15) is 5.26 Å². The zero-order chi connectivity index (χ0) is 23.5. The third-order valence-electron chi connectivity index (χ3n) is 6.31. The molecule has 2 heterocycles. The number of piperazine rings is 1. The number of likely N-dealkylation sites (N-methyl/N-ethyl adjacent to an activating group) is 1. The molecule has 4 rings (SSSR count). The van der Waals surface area contributed by atoms with E-state index >= 15 is 0 Å². The van der Waals surface area contributed by atoms with Crippen molar-refractivity contribution >= 4 is 34.3 Å². The van der Waals surface area contributed by atoms with E-state index < -0.39 is 11.8 Å². The lowest BCUT2D eigenvalue weighted by Crippen LogP contribution is -2.44. The van der Waals surface area contributed by atoms with Crippen molar-refractivity contribution in [2.24, 2.45) is 0 Å². The Morgan fingerprint density at radius 3 is 2.36 bits per heavy atom. The molecule has 0 aliphatic carbocycles. The van der Waals surface area contributed by atoms with Gasteiger partial charge in [-0.05, 0) is 68.4 Å². The first-order valence-electron chi connectivity index (χ1n) is 11.0. The maximum atomic E-state index is 12.6. The lowest BCUT2D eigenvalue weighted by Gasteiger charge is -2.34. The fourth-order valence-electron chi connectivity index (χ4n) is 3.99. The van der Waals surface area contributed by atoms with E-state index in [-0.39, 0.29) is 0 Å². The fraction of sp³-hybridized carbons (Fsp3) is 0.269. The molecule has 0 aromatic heterocycles. The molecular formula is C26H27N5O2. The molecule has 2 aromatic rings. The van der Waals surface area contributed by atoms with Gasteiger partial charge in [0.1, 0.15) is 0 Å². The van der Waals surface area contributed by atoms with E-state index in [1.807, 2.05) is 19.1 Å². The molecule has 0 bridgehead atoms. The van der Waals surface area contributed by atoms with Gasteiger partial charge in [0.25, 0.3) is 11.8 Å². The number of benzene rings is 2. The molecule has 1 fully saturated rings. The maximum Gasteiger partial charge on any atom is 0.260 e. The van der Waals surface area contributed by atoms with Gasteiger partial charge in [-0.25, -0.2) is 0 Å². The SMILES string of the molecule is C/C(C#N)=C(\C)c1ccc2c(c1)/C(=C/Nc1ccc(N3CCN(C)CC3)cc1)C(=O)NC2=O. The average Bonchev–Trinajstić information content (AvgIpc) is 2.83. The van der Waals surface area contributed by atoms with Crippen molar-refractivity contribution in [3.8, 4) is 6.07 Å². The summed E-state index contributed by atoms with van der Waals surface area (Å²) in [6.07, 6.45) is 1.63. The predicted molar refractivity (Wildman–Crippen MR) is 131 cm³/mol. The summed E-state index contributed by atoms with van der Waals surface area (Å²) >= 11 is 0. The number of fused-ring (bicyclic) bond motifs is 1. The van der Waals surface area contributed by atoms with Crippen LogP contribution in [0.3, 0.4) is 0 Å². The van der Waals surface area contributed by atoms with Crippen LogP contribution in [0.2, 0.25) is 0 Å². The Balaban J connectivity index is 1.59. The Morgan fingerprint density at radius 2 is 1.70 bits per heavy atom. The topological polar surface area (TPSA) is 88.5 Å². The summed E-state index contributed by atoms with van der Waals surface area (Å²) in [5.41, 5.74) is 5.57. The molecule has 2 aliphatic heterocycles. The van der Waals surface area contributed by atoms with Crippen molar-refractivity contribution in [3.63, 3.8) is 0 Å². The number of nitrogens with one attached hydrogen (secondary N) is 2. The smallest absolute Gasteiger partial charge is 0.260 e. The molecule has 2 aromatic carbocycles. The first kappa shape index (κ1) is 22.3. The molecule has 0 unspecified atom stereocenters. The second-order valence-electron chi connectivity index (χ2n) is 8.44. The third-order valence-corrected chi connectivity index (χ3v) is 6.31. The zero-order valence-electron chi connectivity index (χ0n) is 19.1. The Bertz CT molecular complexity index is 1200. The van der Waals surface area contributed by atoms with Gasteiger partial charge in [0.15, 0.2) is 0 Å². The lowest BCUT2D eigenvalue weighted by atomic mass is 9.91. The van der Waals surface area contributed by atoms with Gasteiger partial charge in [-0.3, -0.25) is 14.9 Å². The molecule has 33 heavy (non-hydrogen) atoms. The molecule has 1 saturated heterocycles. The van der Waals surface area contributed by atoms with Crippen LogP contribution in [-0.2, 0) is 4.79 Å². The number of carbonyl (C=O) groups excluding carboxylic acids is 2. The van der Waals surface area contributed by atoms with Gasteiger partial charge in [-0.15, -0.1) is 0 Å². The number of imide groups is 1. The number of nitriles is 1. The van der Waals surface area contributed by atoms with Crippen molar-refractivity contribution in [2.75, 3.05) is 43.4 Å². The van der Waals surface area contributed by atoms with Gasteiger partial charge >= 0.3 is 0 Å². The number of allylic oxidation sites excluding steroid dienone is 2. The average molecular weight is 442 g/mol. The quantitative estimate of drug-likeness (QED) is 0.429. The van der Waals surface area contributed by atoms with Crippen LogP contribution in [-0.4, -0.2) is 49.9 Å². The van der Waals surface area contributed by atoms with Gasteiger partial charge in [0, 0.05) is 60.5 Å². The molecule has 7 heteroatoms. The summed E-state index contributed by atoms with van der Waals surface area (Å²) in [4.78, 5) is 29.7. The van der Waals surface area contributed by atoms with Crippen LogP contribution < -0.4 is 15.5 Å². The van der Waals surface area contributed by atoms with E-state index in [0.717, 1.165) is 43.0 Å². The van der Waals surface area contributed by atoms with Crippen LogP contribution in [0.5, 0.6) is 0 Å². The number of carbonyl (C=O) groups is 2. The maximum absolute atomic E-state index is 12.6.